The number of benzene rings is 1. The standard InChI is InChI=1S/C14H18BrClN2O/c15-12-4-3-11(9-13(12)16)10-17-6-5-14(19)18-7-1-2-8-18/h3-4,9,17H,1-2,5-8,10H2. The Morgan fingerprint density at radius 3 is 2.79 bits per heavy atom. The maximum atomic E-state index is 11.8. The molecule has 0 unspecified atom stereocenters. The van der Waals surface area contributed by atoms with Gasteiger partial charge in [0.05, 0.1) is 5.02 Å². The second-order valence-electron chi connectivity index (χ2n) is 4.76. The van der Waals surface area contributed by atoms with Crippen molar-refractivity contribution in [3.63, 3.8) is 0 Å². The zero-order chi connectivity index (χ0) is 13.7. The maximum Gasteiger partial charge on any atom is 0.223 e. The van der Waals surface area contributed by atoms with Crippen molar-refractivity contribution in [2.75, 3.05) is 19.6 Å². The first-order valence-corrected chi connectivity index (χ1v) is 7.76. The summed E-state index contributed by atoms with van der Waals surface area (Å²) in [5, 5.41) is 4.00. The normalized spacial score (nSPS) is 14.9. The summed E-state index contributed by atoms with van der Waals surface area (Å²) >= 11 is 9.39. The van der Waals surface area contributed by atoms with Gasteiger partial charge in [0.2, 0.25) is 5.91 Å². The highest BCUT2D eigenvalue weighted by Gasteiger charge is 2.16. The van der Waals surface area contributed by atoms with Gasteiger partial charge in [-0.2, -0.15) is 0 Å². The summed E-state index contributed by atoms with van der Waals surface area (Å²) in [5.74, 6) is 0.263. The van der Waals surface area contributed by atoms with Crippen LogP contribution in [0.2, 0.25) is 5.02 Å². The molecule has 0 atom stereocenters. The summed E-state index contributed by atoms with van der Waals surface area (Å²) in [6.45, 7) is 3.31. The van der Waals surface area contributed by atoms with E-state index >= 15 is 0 Å². The molecule has 1 aromatic carbocycles. The molecule has 1 amide bonds. The van der Waals surface area contributed by atoms with Crippen molar-refractivity contribution in [2.24, 2.45) is 0 Å². The fourth-order valence-electron chi connectivity index (χ4n) is 2.20. The summed E-state index contributed by atoms with van der Waals surface area (Å²) in [4.78, 5) is 13.8. The van der Waals surface area contributed by atoms with Crippen LogP contribution in [0.25, 0.3) is 0 Å². The zero-order valence-corrected chi connectivity index (χ0v) is 13.1. The van der Waals surface area contributed by atoms with Crippen molar-refractivity contribution in [2.45, 2.75) is 25.8 Å². The number of halogens is 2. The van der Waals surface area contributed by atoms with Gasteiger partial charge in [-0.1, -0.05) is 17.7 Å². The molecule has 0 aromatic heterocycles. The second kappa shape index (κ2) is 7.27. The lowest BCUT2D eigenvalue weighted by Crippen LogP contribution is -2.30. The molecule has 104 valence electrons. The Labute approximate surface area is 127 Å². The van der Waals surface area contributed by atoms with Crippen LogP contribution < -0.4 is 5.32 Å². The van der Waals surface area contributed by atoms with Crippen LogP contribution in [0.3, 0.4) is 0 Å². The molecule has 1 heterocycles. The Morgan fingerprint density at radius 2 is 2.11 bits per heavy atom. The van der Waals surface area contributed by atoms with E-state index in [4.69, 9.17) is 11.6 Å². The molecule has 1 N–H and O–H groups in total. The van der Waals surface area contributed by atoms with E-state index < -0.39 is 0 Å². The number of amides is 1. The Morgan fingerprint density at radius 1 is 1.37 bits per heavy atom. The van der Waals surface area contributed by atoms with Crippen molar-refractivity contribution in [1.29, 1.82) is 0 Å². The van der Waals surface area contributed by atoms with Crippen LogP contribution in [0.4, 0.5) is 0 Å². The lowest BCUT2D eigenvalue weighted by atomic mass is 10.2. The van der Waals surface area contributed by atoms with Gasteiger partial charge < -0.3 is 10.2 Å². The topological polar surface area (TPSA) is 32.3 Å². The van der Waals surface area contributed by atoms with Crippen LogP contribution in [-0.4, -0.2) is 30.4 Å². The highest BCUT2D eigenvalue weighted by atomic mass is 79.9. The van der Waals surface area contributed by atoms with Crippen LogP contribution in [0.5, 0.6) is 0 Å². The van der Waals surface area contributed by atoms with E-state index in [1.165, 1.54) is 0 Å². The average molecular weight is 346 g/mol. The first kappa shape index (κ1) is 14.8. The van der Waals surface area contributed by atoms with Gasteiger partial charge >= 0.3 is 0 Å². The van der Waals surface area contributed by atoms with Gasteiger partial charge in [-0.15, -0.1) is 0 Å². The monoisotopic (exact) mass is 344 g/mol. The number of nitrogens with zero attached hydrogens (tertiary/aromatic N) is 1. The van der Waals surface area contributed by atoms with Crippen molar-refractivity contribution in [3.8, 4) is 0 Å². The molecule has 0 radical (unpaired) electrons. The highest BCUT2D eigenvalue weighted by molar-refractivity contribution is 9.10. The zero-order valence-electron chi connectivity index (χ0n) is 10.8. The van der Waals surface area contributed by atoms with Crippen LogP contribution in [0, 0.1) is 0 Å². The second-order valence-corrected chi connectivity index (χ2v) is 6.02. The van der Waals surface area contributed by atoms with E-state index in [1.54, 1.807) is 0 Å². The third-order valence-electron chi connectivity index (χ3n) is 3.29. The minimum atomic E-state index is 0.263. The van der Waals surface area contributed by atoms with Gasteiger partial charge in [0, 0.05) is 37.1 Å². The molecular formula is C14H18BrClN2O. The molecule has 1 fully saturated rings. The molecule has 19 heavy (non-hydrogen) atoms. The fourth-order valence-corrected chi connectivity index (χ4v) is 2.65. The Kier molecular flexibility index (Phi) is 5.67. The van der Waals surface area contributed by atoms with E-state index in [9.17, 15) is 4.79 Å². The largest absolute Gasteiger partial charge is 0.343 e. The van der Waals surface area contributed by atoms with Gasteiger partial charge in [-0.05, 0) is 46.5 Å². The Balaban J connectivity index is 1.68. The molecule has 5 heteroatoms. The number of carbonyl (C=O) groups excluding carboxylic acids is 1. The van der Waals surface area contributed by atoms with E-state index in [-0.39, 0.29) is 5.91 Å². The molecule has 0 saturated carbocycles. The SMILES string of the molecule is O=C(CCNCc1ccc(Br)c(Cl)c1)N1CCCC1. The smallest absolute Gasteiger partial charge is 0.223 e. The van der Waals surface area contributed by atoms with Crippen LogP contribution in [0.15, 0.2) is 22.7 Å². The number of nitrogens with one attached hydrogen (secondary N) is 1. The van der Waals surface area contributed by atoms with E-state index in [0.717, 1.165) is 42.5 Å². The van der Waals surface area contributed by atoms with Gasteiger partial charge in [-0.25, -0.2) is 0 Å². The predicted octanol–water partition coefficient (Wildman–Crippen LogP) is 3.20. The van der Waals surface area contributed by atoms with Crippen LogP contribution in [0.1, 0.15) is 24.8 Å². The highest BCUT2D eigenvalue weighted by Crippen LogP contribution is 2.23. The molecule has 1 aliphatic rings. The van der Waals surface area contributed by atoms with E-state index in [2.05, 4.69) is 21.2 Å². The minimum Gasteiger partial charge on any atom is -0.343 e. The molecule has 1 aromatic rings. The van der Waals surface area contributed by atoms with Crippen molar-refractivity contribution in [1.82, 2.24) is 10.2 Å². The van der Waals surface area contributed by atoms with Crippen molar-refractivity contribution in [3.05, 3.63) is 33.3 Å². The summed E-state index contributed by atoms with van der Waals surface area (Å²) in [7, 11) is 0. The van der Waals surface area contributed by atoms with Gasteiger partial charge in [-0.3, -0.25) is 4.79 Å². The van der Waals surface area contributed by atoms with Gasteiger partial charge in [0.15, 0.2) is 0 Å². The van der Waals surface area contributed by atoms with E-state index in [1.807, 2.05) is 23.1 Å². The maximum absolute atomic E-state index is 11.8. The van der Waals surface area contributed by atoms with Crippen molar-refractivity contribution >= 4 is 33.4 Å². The van der Waals surface area contributed by atoms with E-state index in [0.29, 0.717) is 18.0 Å². The first-order valence-electron chi connectivity index (χ1n) is 6.59. The lowest BCUT2D eigenvalue weighted by molar-refractivity contribution is -0.130. The molecule has 0 spiro atoms. The lowest BCUT2D eigenvalue weighted by Gasteiger charge is -2.15. The summed E-state index contributed by atoms with van der Waals surface area (Å²) < 4.78 is 0.905. The fraction of sp³-hybridized carbons (Fsp3) is 0.500. The van der Waals surface area contributed by atoms with Crippen LogP contribution in [-0.2, 0) is 11.3 Å². The Bertz CT molecular complexity index is 447. The summed E-state index contributed by atoms with van der Waals surface area (Å²) in [6, 6.07) is 5.89. The number of carbonyl (C=O) groups is 1. The van der Waals surface area contributed by atoms with Gasteiger partial charge in [0.1, 0.15) is 0 Å². The number of hydrogen-bond donors (Lipinski definition) is 1. The quantitative estimate of drug-likeness (QED) is 0.831. The average Bonchev–Trinajstić information content (AvgIpc) is 2.92. The molecule has 1 saturated heterocycles. The Hall–Kier alpha value is -0.580. The van der Waals surface area contributed by atoms with Crippen molar-refractivity contribution < 1.29 is 4.79 Å². The molecule has 3 nitrogen and oxygen atoms in total. The summed E-state index contributed by atoms with van der Waals surface area (Å²) in [6.07, 6.45) is 2.87. The first-order chi connectivity index (χ1) is 9.16. The van der Waals surface area contributed by atoms with Crippen LogP contribution >= 0.6 is 27.5 Å². The number of rotatable bonds is 5. The third kappa shape index (κ3) is 4.48. The number of hydrogen-bond acceptors (Lipinski definition) is 2. The van der Waals surface area contributed by atoms with Gasteiger partial charge in [0.25, 0.3) is 0 Å². The third-order valence-corrected chi connectivity index (χ3v) is 4.52. The molecule has 2 rings (SSSR count). The molecule has 1 aliphatic heterocycles. The summed E-state index contributed by atoms with van der Waals surface area (Å²) in [5.41, 5.74) is 1.13. The molecule has 0 aliphatic carbocycles. The molecular weight excluding hydrogens is 328 g/mol. The molecule has 0 bridgehead atoms. The number of likely N-dealkylation sites (tertiary alicyclic amines) is 1. The minimum absolute atomic E-state index is 0.263. The predicted molar refractivity (Wildman–Crippen MR) is 81.3 cm³/mol.